The fourth-order valence-electron chi connectivity index (χ4n) is 1.31. The number of hydrogen-bond acceptors (Lipinski definition) is 3. The molecule has 0 aliphatic carbocycles. The van der Waals surface area contributed by atoms with Gasteiger partial charge in [0.1, 0.15) is 12.0 Å². The summed E-state index contributed by atoms with van der Waals surface area (Å²) in [6, 6.07) is 10.2. The Morgan fingerprint density at radius 2 is 2.00 bits per heavy atom. The summed E-state index contributed by atoms with van der Waals surface area (Å²) < 4.78 is 5.12. The van der Waals surface area contributed by atoms with E-state index in [1.807, 2.05) is 6.07 Å². The SMILES string of the molecule is N#Cc1ccc(-c2cc(C(=O)O)co2)cc1. The molecule has 0 fully saturated rings. The minimum Gasteiger partial charge on any atom is -0.478 e. The van der Waals surface area contributed by atoms with Crippen LogP contribution in [-0.2, 0) is 0 Å². The Labute approximate surface area is 91.4 Å². The quantitative estimate of drug-likeness (QED) is 0.831. The molecule has 1 aromatic carbocycles. The highest BCUT2D eigenvalue weighted by Crippen LogP contribution is 2.22. The third-order valence-electron chi connectivity index (χ3n) is 2.14. The van der Waals surface area contributed by atoms with Crippen LogP contribution in [0.25, 0.3) is 11.3 Å². The molecule has 78 valence electrons. The molecule has 0 bridgehead atoms. The van der Waals surface area contributed by atoms with Gasteiger partial charge >= 0.3 is 5.97 Å². The molecule has 2 rings (SSSR count). The van der Waals surface area contributed by atoms with Gasteiger partial charge in [-0.15, -0.1) is 0 Å². The molecule has 0 aliphatic rings. The van der Waals surface area contributed by atoms with Crippen molar-refractivity contribution in [3.05, 3.63) is 47.7 Å². The topological polar surface area (TPSA) is 74.2 Å². The number of nitrogens with zero attached hydrogens (tertiary/aromatic N) is 1. The maximum Gasteiger partial charge on any atom is 0.338 e. The van der Waals surface area contributed by atoms with Crippen molar-refractivity contribution >= 4 is 5.97 Å². The molecule has 0 spiro atoms. The number of nitriles is 1. The van der Waals surface area contributed by atoms with Crippen molar-refractivity contribution < 1.29 is 14.3 Å². The lowest BCUT2D eigenvalue weighted by atomic mass is 10.1. The predicted molar refractivity (Wildman–Crippen MR) is 55.8 cm³/mol. The number of carboxylic acids is 1. The lowest BCUT2D eigenvalue weighted by Crippen LogP contribution is -1.91. The first-order valence-corrected chi connectivity index (χ1v) is 4.53. The smallest absolute Gasteiger partial charge is 0.338 e. The van der Waals surface area contributed by atoms with Crippen LogP contribution in [0.5, 0.6) is 0 Å². The van der Waals surface area contributed by atoms with Crippen LogP contribution in [0, 0.1) is 11.3 Å². The van der Waals surface area contributed by atoms with Crippen LogP contribution in [0.1, 0.15) is 15.9 Å². The van der Waals surface area contributed by atoms with Crippen LogP contribution in [0.3, 0.4) is 0 Å². The first-order chi connectivity index (χ1) is 7.70. The molecule has 0 aliphatic heterocycles. The van der Waals surface area contributed by atoms with Crippen LogP contribution in [0.4, 0.5) is 0 Å². The van der Waals surface area contributed by atoms with Gasteiger partial charge in [0.2, 0.25) is 0 Å². The number of furan rings is 1. The van der Waals surface area contributed by atoms with Gasteiger partial charge in [-0.25, -0.2) is 4.79 Å². The highest BCUT2D eigenvalue weighted by Gasteiger charge is 2.09. The molecular weight excluding hydrogens is 206 g/mol. The van der Waals surface area contributed by atoms with Crippen LogP contribution < -0.4 is 0 Å². The number of carboxylic acid groups (broad SMARTS) is 1. The van der Waals surface area contributed by atoms with E-state index in [0.29, 0.717) is 11.3 Å². The molecule has 0 saturated heterocycles. The number of hydrogen-bond donors (Lipinski definition) is 1. The zero-order valence-electron chi connectivity index (χ0n) is 8.18. The van der Waals surface area contributed by atoms with Gasteiger partial charge in [0.05, 0.1) is 17.2 Å². The third-order valence-corrected chi connectivity index (χ3v) is 2.14. The Kier molecular flexibility index (Phi) is 2.44. The number of benzene rings is 1. The largest absolute Gasteiger partial charge is 0.478 e. The van der Waals surface area contributed by atoms with Gasteiger partial charge in [-0.1, -0.05) is 0 Å². The first-order valence-electron chi connectivity index (χ1n) is 4.53. The minimum absolute atomic E-state index is 0.111. The third kappa shape index (κ3) is 1.79. The number of carbonyl (C=O) groups is 1. The summed E-state index contributed by atoms with van der Waals surface area (Å²) in [5, 5.41) is 17.3. The van der Waals surface area contributed by atoms with E-state index in [2.05, 4.69) is 0 Å². The zero-order valence-corrected chi connectivity index (χ0v) is 8.18. The van der Waals surface area contributed by atoms with Crippen LogP contribution in [0.15, 0.2) is 41.0 Å². The van der Waals surface area contributed by atoms with E-state index in [9.17, 15) is 4.79 Å². The van der Waals surface area contributed by atoms with Crippen molar-refractivity contribution in [1.29, 1.82) is 5.26 Å². The molecule has 1 aromatic heterocycles. The zero-order chi connectivity index (χ0) is 11.5. The first kappa shape index (κ1) is 9.99. The molecule has 0 radical (unpaired) electrons. The normalized spacial score (nSPS) is 9.69. The molecular formula is C12H7NO3. The fourth-order valence-corrected chi connectivity index (χ4v) is 1.31. The van der Waals surface area contributed by atoms with Crippen molar-refractivity contribution in [3.8, 4) is 17.4 Å². The van der Waals surface area contributed by atoms with Crippen LogP contribution >= 0.6 is 0 Å². The monoisotopic (exact) mass is 213 g/mol. The summed E-state index contributed by atoms with van der Waals surface area (Å²) in [5.74, 6) is -0.550. The summed E-state index contributed by atoms with van der Waals surface area (Å²) >= 11 is 0. The van der Waals surface area contributed by atoms with E-state index < -0.39 is 5.97 Å². The molecule has 2 aromatic rings. The van der Waals surface area contributed by atoms with E-state index in [-0.39, 0.29) is 5.56 Å². The Bertz CT molecular complexity index is 561. The van der Waals surface area contributed by atoms with Crippen LogP contribution in [-0.4, -0.2) is 11.1 Å². The highest BCUT2D eigenvalue weighted by molar-refractivity contribution is 5.88. The van der Waals surface area contributed by atoms with Crippen molar-refractivity contribution in [2.24, 2.45) is 0 Å². The van der Waals surface area contributed by atoms with Gasteiger partial charge in [0.25, 0.3) is 0 Å². The molecule has 0 amide bonds. The summed E-state index contributed by atoms with van der Waals surface area (Å²) in [5.41, 5.74) is 1.40. The fraction of sp³-hybridized carbons (Fsp3) is 0. The molecule has 1 N–H and O–H groups in total. The molecule has 4 nitrogen and oxygen atoms in total. The van der Waals surface area contributed by atoms with Crippen molar-refractivity contribution in [2.75, 3.05) is 0 Å². The highest BCUT2D eigenvalue weighted by atomic mass is 16.4. The number of rotatable bonds is 2. The average Bonchev–Trinajstić information content (AvgIpc) is 2.78. The average molecular weight is 213 g/mol. The van der Waals surface area contributed by atoms with E-state index in [0.717, 1.165) is 5.56 Å². The standard InChI is InChI=1S/C12H7NO3/c13-6-8-1-3-9(4-2-8)11-5-10(7-16-11)12(14)15/h1-5,7H,(H,14,15). The molecule has 1 heterocycles. The molecule has 4 heteroatoms. The molecule has 0 unspecified atom stereocenters. The summed E-state index contributed by atoms with van der Waals surface area (Å²) in [6.45, 7) is 0. The van der Waals surface area contributed by atoms with Gasteiger partial charge in [0.15, 0.2) is 0 Å². The lowest BCUT2D eigenvalue weighted by molar-refractivity contribution is 0.0696. The lowest BCUT2D eigenvalue weighted by Gasteiger charge is -1.95. The van der Waals surface area contributed by atoms with Crippen molar-refractivity contribution in [1.82, 2.24) is 0 Å². The van der Waals surface area contributed by atoms with E-state index in [4.69, 9.17) is 14.8 Å². The Hall–Kier alpha value is -2.54. The van der Waals surface area contributed by atoms with Gasteiger partial charge in [-0.05, 0) is 30.3 Å². The maximum absolute atomic E-state index is 10.6. The Balaban J connectivity index is 2.36. The Morgan fingerprint density at radius 1 is 1.31 bits per heavy atom. The van der Waals surface area contributed by atoms with Crippen molar-refractivity contribution in [3.63, 3.8) is 0 Å². The second-order valence-corrected chi connectivity index (χ2v) is 3.19. The predicted octanol–water partition coefficient (Wildman–Crippen LogP) is 2.52. The van der Waals surface area contributed by atoms with E-state index in [1.54, 1.807) is 24.3 Å². The van der Waals surface area contributed by atoms with Gasteiger partial charge in [-0.3, -0.25) is 0 Å². The summed E-state index contributed by atoms with van der Waals surface area (Å²) in [7, 11) is 0. The molecule has 0 atom stereocenters. The second kappa shape index (κ2) is 3.91. The van der Waals surface area contributed by atoms with Gasteiger partial charge < -0.3 is 9.52 Å². The van der Waals surface area contributed by atoms with Crippen LogP contribution in [0.2, 0.25) is 0 Å². The minimum atomic E-state index is -1.02. The van der Waals surface area contributed by atoms with Gasteiger partial charge in [0, 0.05) is 5.56 Å². The summed E-state index contributed by atoms with van der Waals surface area (Å²) in [6.07, 6.45) is 1.19. The molecule has 0 saturated carbocycles. The van der Waals surface area contributed by atoms with E-state index >= 15 is 0 Å². The maximum atomic E-state index is 10.6. The van der Waals surface area contributed by atoms with E-state index in [1.165, 1.54) is 12.3 Å². The molecule has 16 heavy (non-hydrogen) atoms. The number of aromatic carboxylic acids is 1. The second-order valence-electron chi connectivity index (χ2n) is 3.19. The van der Waals surface area contributed by atoms with Gasteiger partial charge in [-0.2, -0.15) is 5.26 Å². The van der Waals surface area contributed by atoms with Crippen molar-refractivity contribution in [2.45, 2.75) is 0 Å². The Morgan fingerprint density at radius 3 is 2.50 bits per heavy atom. The summed E-state index contributed by atoms with van der Waals surface area (Å²) in [4.78, 5) is 10.6.